The van der Waals surface area contributed by atoms with Gasteiger partial charge in [-0.25, -0.2) is 4.39 Å². The Kier molecular flexibility index (Phi) is 2.40. The van der Waals surface area contributed by atoms with Gasteiger partial charge in [-0.2, -0.15) is 0 Å². The standard InChI is InChI=1S/C10H9FN2OS/c1-12-6-9(14)13(10(12)15)8-4-2-3-7(11)5-8/h2-5H,6H2,1H3. The Morgan fingerprint density at radius 3 is 2.73 bits per heavy atom. The molecule has 15 heavy (non-hydrogen) atoms. The number of amides is 1. The molecule has 5 heteroatoms. The second-order valence-electron chi connectivity index (χ2n) is 3.35. The molecule has 0 aromatic heterocycles. The number of carbonyl (C=O) groups is 1. The number of hydrogen-bond acceptors (Lipinski definition) is 2. The van der Waals surface area contributed by atoms with Gasteiger partial charge in [-0.1, -0.05) is 6.07 Å². The van der Waals surface area contributed by atoms with Crippen LogP contribution in [0.4, 0.5) is 10.1 Å². The summed E-state index contributed by atoms with van der Waals surface area (Å²) in [4.78, 5) is 14.6. The molecule has 78 valence electrons. The molecule has 1 aromatic carbocycles. The molecule has 1 aromatic rings. The predicted octanol–water partition coefficient (Wildman–Crippen LogP) is 1.39. The van der Waals surface area contributed by atoms with E-state index in [2.05, 4.69) is 0 Å². The highest BCUT2D eigenvalue weighted by Gasteiger charge is 2.31. The van der Waals surface area contributed by atoms with Gasteiger partial charge in [0.25, 0.3) is 5.91 Å². The molecule has 0 N–H and O–H groups in total. The maximum absolute atomic E-state index is 13.0. The van der Waals surface area contributed by atoms with Crippen molar-refractivity contribution >= 4 is 28.9 Å². The van der Waals surface area contributed by atoms with Gasteiger partial charge in [0.2, 0.25) is 0 Å². The Hall–Kier alpha value is -1.49. The number of nitrogens with zero attached hydrogens (tertiary/aromatic N) is 2. The summed E-state index contributed by atoms with van der Waals surface area (Å²) in [5.74, 6) is -0.509. The van der Waals surface area contributed by atoms with Crippen LogP contribution in [0.15, 0.2) is 24.3 Å². The van der Waals surface area contributed by atoms with E-state index in [-0.39, 0.29) is 18.3 Å². The summed E-state index contributed by atoms with van der Waals surface area (Å²) in [5, 5.41) is 0.408. The molecule has 0 radical (unpaired) electrons. The van der Waals surface area contributed by atoms with E-state index in [1.165, 1.54) is 17.0 Å². The van der Waals surface area contributed by atoms with E-state index in [9.17, 15) is 9.18 Å². The maximum atomic E-state index is 13.0. The highest BCUT2D eigenvalue weighted by atomic mass is 32.1. The predicted molar refractivity (Wildman–Crippen MR) is 59.1 cm³/mol. The SMILES string of the molecule is CN1CC(=O)N(c2cccc(F)c2)C1=S. The molecule has 1 aliphatic rings. The molecule has 2 rings (SSSR count). The number of carbonyl (C=O) groups excluding carboxylic acids is 1. The van der Waals surface area contributed by atoms with Gasteiger partial charge >= 0.3 is 0 Å². The lowest BCUT2D eigenvalue weighted by molar-refractivity contribution is -0.116. The van der Waals surface area contributed by atoms with E-state index in [0.29, 0.717) is 10.8 Å². The van der Waals surface area contributed by atoms with Crippen molar-refractivity contribution in [3.05, 3.63) is 30.1 Å². The lowest BCUT2D eigenvalue weighted by Crippen LogP contribution is -2.31. The third-order valence-electron chi connectivity index (χ3n) is 2.21. The van der Waals surface area contributed by atoms with Crippen molar-refractivity contribution in [1.29, 1.82) is 0 Å². The molecule has 0 unspecified atom stereocenters. The summed E-state index contributed by atoms with van der Waals surface area (Å²) in [6.07, 6.45) is 0. The largest absolute Gasteiger partial charge is 0.342 e. The van der Waals surface area contributed by atoms with Crippen molar-refractivity contribution in [2.24, 2.45) is 0 Å². The van der Waals surface area contributed by atoms with Crippen LogP contribution in [0.2, 0.25) is 0 Å². The molecule has 1 saturated heterocycles. The van der Waals surface area contributed by atoms with Crippen molar-refractivity contribution in [3.8, 4) is 0 Å². The molecule has 0 atom stereocenters. The highest BCUT2D eigenvalue weighted by molar-refractivity contribution is 7.80. The van der Waals surface area contributed by atoms with E-state index in [1.54, 1.807) is 24.1 Å². The molecule has 1 aliphatic heterocycles. The monoisotopic (exact) mass is 224 g/mol. The van der Waals surface area contributed by atoms with E-state index in [0.717, 1.165) is 0 Å². The van der Waals surface area contributed by atoms with Crippen molar-refractivity contribution in [2.75, 3.05) is 18.5 Å². The van der Waals surface area contributed by atoms with Crippen LogP contribution in [-0.4, -0.2) is 29.5 Å². The summed E-state index contributed by atoms with van der Waals surface area (Å²) >= 11 is 5.07. The van der Waals surface area contributed by atoms with Crippen LogP contribution in [0, 0.1) is 5.82 Å². The summed E-state index contributed by atoms with van der Waals surface area (Å²) in [6.45, 7) is 0.245. The zero-order valence-corrected chi connectivity index (χ0v) is 8.92. The fourth-order valence-corrected chi connectivity index (χ4v) is 1.76. The summed E-state index contributed by atoms with van der Waals surface area (Å²) < 4.78 is 13.0. The second-order valence-corrected chi connectivity index (χ2v) is 3.71. The van der Waals surface area contributed by atoms with Crippen LogP contribution >= 0.6 is 12.2 Å². The molecule has 0 spiro atoms. The second kappa shape index (κ2) is 3.58. The van der Waals surface area contributed by atoms with Gasteiger partial charge in [-0.15, -0.1) is 0 Å². The van der Waals surface area contributed by atoms with E-state index in [4.69, 9.17) is 12.2 Å². The van der Waals surface area contributed by atoms with Crippen LogP contribution in [-0.2, 0) is 4.79 Å². The Morgan fingerprint density at radius 1 is 1.47 bits per heavy atom. The minimum absolute atomic E-state index is 0.131. The molecule has 1 amide bonds. The normalized spacial score (nSPS) is 16.4. The van der Waals surface area contributed by atoms with Crippen LogP contribution in [0.1, 0.15) is 0 Å². The number of likely N-dealkylation sites (N-methyl/N-ethyl adjacent to an activating group) is 1. The molecule has 0 bridgehead atoms. The molecular formula is C10H9FN2OS. The van der Waals surface area contributed by atoms with E-state index in [1.807, 2.05) is 0 Å². The molecule has 0 aliphatic carbocycles. The van der Waals surface area contributed by atoms with E-state index < -0.39 is 0 Å². The first-order valence-corrected chi connectivity index (χ1v) is 4.84. The summed E-state index contributed by atoms with van der Waals surface area (Å²) in [7, 11) is 1.74. The average molecular weight is 224 g/mol. The first-order chi connectivity index (χ1) is 7.09. The van der Waals surface area contributed by atoms with Crippen LogP contribution in [0.3, 0.4) is 0 Å². The third kappa shape index (κ3) is 1.70. The zero-order chi connectivity index (χ0) is 11.0. The van der Waals surface area contributed by atoms with Crippen molar-refractivity contribution in [2.45, 2.75) is 0 Å². The molecule has 1 heterocycles. The molecule has 0 saturated carbocycles. The summed E-state index contributed by atoms with van der Waals surface area (Å²) in [6, 6.07) is 5.84. The molecule has 1 fully saturated rings. The molecule has 3 nitrogen and oxygen atoms in total. The Labute approximate surface area is 92.1 Å². The lowest BCUT2D eigenvalue weighted by Gasteiger charge is -2.16. The fraction of sp³-hybridized carbons (Fsp3) is 0.200. The van der Waals surface area contributed by atoms with E-state index >= 15 is 0 Å². The first kappa shape index (κ1) is 10.0. The van der Waals surface area contributed by atoms with Crippen molar-refractivity contribution in [3.63, 3.8) is 0 Å². The first-order valence-electron chi connectivity index (χ1n) is 4.43. The topological polar surface area (TPSA) is 23.6 Å². The van der Waals surface area contributed by atoms with Crippen LogP contribution in [0.5, 0.6) is 0 Å². The lowest BCUT2D eigenvalue weighted by atomic mass is 10.3. The van der Waals surface area contributed by atoms with Gasteiger partial charge < -0.3 is 4.90 Å². The van der Waals surface area contributed by atoms with Gasteiger partial charge in [0.15, 0.2) is 5.11 Å². The third-order valence-corrected chi connectivity index (χ3v) is 2.70. The van der Waals surface area contributed by atoms with Gasteiger partial charge in [-0.05, 0) is 30.4 Å². The smallest absolute Gasteiger partial charge is 0.252 e. The average Bonchev–Trinajstić information content (AvgIpc) is 2.41. The minimum Gasteiger partial charge on any atom is -0.342 e. The number of benzene rings is 1. The van der Waals surface area contributed by atoms with Crippen molar-refractivity contribution < 1.29 is 9.18 Å². The number of anilines is 1. The number of halogens is 1. The fourth-order valence-electron chi connectivity index (χ4n) is 1.49. The number of rotatable bonds is 1. The zero-order valence-electron chi connectivity index (χ0n) is 8.11. The van der Waals surface area contributed by atoms with Gasteiger partial charge in [0.1, 0.15) is 5.82 Å². The van der Waals surface area contributed by atoms with Gasteiger partial charge in [-0.3, -0.25) is 9.69 Å². The van der Waals surface area contributed by atoms with Crippen LogP contribution in [0.25, 0.3) is 0 Å². The number of hydrogen-bond donors (Lipinski definition) is 0. The van der Waals surface area contributed by atoms with Crippen LogP contribution < -0.4 is 4.90 Å². The Morgan fingerprint density at radius 2 is 2.20 bits per heavy atom. The van der Waals surface area contributed by atoms with Crippen molar-refractivity contribution in [1.82, 2.24) is 4.90 Å². The summed E-state index contributed by atoms with van der Waals surface area (Å²) in [5.41, 5.74) is 0.481. The highest BCUT2D eigenvalue weighted by Crippen LogP contribution is 2.21. The Bertz CT molecular complexity index is 435. The van der Waals surface area contributed by atoms with Gasteiger partial charge in [0.05, 0.1) is 12.2 Å². The number of thiocarbonyl (C=S) groups is 1. The Balaban J connectivity index is 2.39. The van der Waals surface area contributed by atoms with Gasteiger partial charge in [0, 0.05) is 7.05 Å². The minimum atomic E-state index is -0.377. The molecular weight excluding hydrogens is 215 g/mol. The maximum Gasteiger partial charge on any atom is 0.252 e. The quantitative estimate of drug-likeness (QED) is 0.673.